The standard InChI is InChI=1S/C23H26ClN5O2S/c1-26(2)32(30,31)29-14-19-12-20(24)9-10-23(19)28(16-22-13-25-17-27(22)3)15-21(29)11-18-7-5-4-6-8-18/h4-10,12-13,15,17H,11,14,16H2,1-3H3. The van der Waals surface area contributed by atoms with Crippen molar-refractivity contribution in [2.75, 3.05) is 19.0 Å². The fraction of sp³-hybridized carbons (Fsp3) is 0.261. The monoisotopic (exact) mass is 471 g/mol. The number of fused-ring (bicyclic) bond motifs is 1. The number of allylic oxidation sites excluding steroid dienone is 1. The maximum atomic E-state index is 13.4. The molecule has 4 rings (SSSR count). The molecule has 32 heavy (non-hydrogen) atoms. The Kier molecular flexibility index (Phi) is 6.28. The molecule has 0 unspecified atom stereocenters. The van der Waals surface area contributed by atoms with Crippen LogP contribution in [0.1, 0.15) is 16.8 Å². The summed E-state index contributed by atoms with van der Waals surface area (Å²) in [6.07, 6.45) is 5.98. The molecule has 0 saturated heterocycles. The summed E-state index contributed by atoms with van der Waals surface area (Å²) in [6, 6.07) is 15.5. The van der Waals surface area contributed by atoms with Crippen LogP contribution in [0.4, 0.5) is 5.69 Å². The van der Waals surface area contributed by atoms with Gasteiger partial charge >= 0.3 is 10.2 Å². The van der Waals surface area contributed by atoms with Gasteiger partial charge in [-0.1, -0.05) is 41.9 Å². The van der Waals surface area contributed by atoms with Crippen LogP contribution in [0.3, 0.4) is 0 Å². The van der Waals surface area contributed by atoms with Crippen molar-refractivity contribution in [3.63, 3.8) is 0 Å². The molecular weight excluding hydrogens is 446 g/mol. The van der Waals surface area contributed by atoms with Crippen LogP contribution in [0.5, 0.6) is 0 Å². The average molecular weight is 472 g/mol. The normalized spacial score (nSPS) is 14.3. The predicted octanol–water partition coefficient (Wildman–Crippen LogP) is 3.79. The highest BCUT2D eigenvalue weighted by molar-refractivity contribution is 7.86. The Morgan fingerprint density at radius 1 is 1.12 bits per heavy atom. The van der Waals surface area contributed by atoms with Gasteiger partial charge in [-0.2, -0.15) is 12.7 Å². The summed E-state index contributed by atoms with van der Waals surface area (Å²) < 4.78 is 31.4. The molecule has 0 spiro atoms. The molecule has 7 nitrogen and oxygen atoms in total. The average Bonchev–Trinajstić information content (AvgIpc) is 3.09. The Morgan fingerprint density at radius 2 is 1.88 bits per heavy atom. The molecule has 0 fully saturated rings. The maximum absolute atomic E-state index is 13.4. The molecule has 2 aromatic carbocycles. The van der Waals surface area contributed by atoms with Gasteiger partial charge in [0, 0.05) is 50.7 Å². The van der Waals surface area contributed by atoms with Gasteiger partial charge in [-0.05, 0) is 29.3 Å². The van der Waals surface area contributed by atoms with Gasteiger partial charge < -0.3 is 9.47 Å². The molecule has 2 heterocycles. The first-order valence-electron chi connectivity index (χ1n) is 10.2. The van der Waals surface area contributed by atoms with Gasteiger partial charge in [0.05, 0.1) is 30.8 Å². The molecule has 1 aromatic heterocycles. The van der Waals surface area contributed by atoms with E-state index in [0.29, 0.717) is 23.7 Å². The third-order valence-corrected chi connectivity index (χ3v) is 7.59. The van der Waals surface area contributed by atoms with Gasteiger partial charge in [0.2, 0.25) is 0 Å². The molecule has 0 aliphatic carbocycles. The number of hydrogen-bond donors (Lipinski definition) is 0. The summed E-state index contributed by atoms with van der Waals surface area (Å²) in [5, 5.41) is 0.568. The molecule has 168 valence electrons. The molecule has 0 bridgehead atoms. The van der Waals surface area contributed by atoms with Crippen LogP contribution >= 0.6 is 11.6 Å². The first-order valence-corrected chi connectivity index (χ1v) is 12.0. The summed E-state index contributed by atoms with van der Waals surface area (Å²) in [5.41, 5.74) is 4.47. The van der Waals surface area contributed by atoms with E-state index in [1.807, 2.05) is 72.5 Å². The van der Waals surface area contributed by atoms with E-state index in [-0.39, 0.29) is 6.54 Å². The Bertz CT molecular complexity index is 1240. The molecule has 1 aliphatic rings. The van der Waals surface area contributed by atoms with Crippen LogP contribution < -0.4 is 4.90 Å². The van der Waals surface area contributed by atoms with Gasteiger partial charge in [0.25, 0.3) is 0 Å². The second kappa shape index (κ2) is 8.97. The lowest BCUT2D eigenvalue weighted by Gasteiger charge is -2.28. The van der Waals surface area contributed by atoms with Gasteiger partial charge in [-0.25, -0.2) is 4.98 Å². The fourth-order valence-electron chi connectivity index (χ4n) is 3.74. The van der Waals surface area contributed by atoms with Crippen LogP contribution in [-0.2, 0) is 36.8 Å². The zero-order valence-corrected chi connectivity index (χ0v) is 19.9. The van der Waals surface area contributed by atoms with E-state index in [1.165, 1.54) is 8.61 Å². The van der Waals surface area contributed by atoms with E-state index in [0.717, 1.165) is 22.5 Å². The van der Waals surface area contributed by atoms with Crippen LogP contribution in [0.15, 0.2) is 73.0 Å². The number of aryl methyl sites for hydroxylation is 1. The summed E-state index contributed by atoms with van der Waals surface area (Å²) in [4.78, 5) is 6.30. The van der Waals surface area contributed by atoms with Crippen LogP contribution in [-0.4, -0.2) is 40.7 Å². The summed E-state index contributed by atoms with van der Waals surface area (Å²) >= 11 is 6.31. The Labute approximate surface area is 194 Å². The number of aromatic nitrogens is 2. The minimum absolute atomic E-state index is 0.191. The Balaban J connectivity index is 1.87. The predicted molar refractivity (Wildman–Crippen MR) is 127 cm³/mol. The lowest BCUT2D eigenvalue weighted by Crippen LogP contribution is -2.39. The minimum atomic E-state index is -3.73. The topological polar surface area (TPSA) is 61.7 Å². The summed E-state index contributed by atoms with van der Waals surface area (Å²) in [5.74, 6) is 0. The summed E-state index contributed by atoms with van der Waals surface area (Å²) in [7, 11) is 1.31. The number of rotatable bonds is 6. The molecule has 3 aromatic rings. The lowest BCUT2D eigenvalue weighted by molar-refractivity contribution is 0.415. The summed E-state index contributed by atoms with van der Waals surface area (Å²) in [6.45, 7) is 0.732. The maximum Gasteiger partial charge on any atom is 0.303 e. The molecule has 0 atom stereocenters. The molecule has 0 N–H and O–H groups in total. The van der Waals surface area contributed by atoms with E-state index >= 15 is 0 Å². The number of imidazole rings is 1. The quantitative estimate of drug-likeness (QED) is 0.548. The lowest BCUT2D eigenvalue weighted by atomic mass is 10.1. The van der Waals surface area contributed by atoms with Crippen LogP contribution in [0, 0.1) is 0 Å². The Morgan fingerprint density at radius 3 is 2.53 bits per heavy atom. The van der Waals surface area contributed by atoms with E-state index in [2.05, 4.69) is 9.88 Å². The van der Waals surface area contributed by atoms with Gasteiger partial charge in [0.15, 0.2) is 0 Å². The van der Waals surface area contributed by atoms with Crippen molar-refractivity contribution in [3.8, 4) is 0 Å². The number of benzene rings is 2. The fourth-order valence-corrected chi connectivity index (χ4v) is 5.04. The first-order chi connectivity index (χ1) is 15.3. The molecule has 0 saturated carbocycles. The van der Waals surface area contributed by atoms with E-state index in [9.17, 15) is 8.42 Å². The second-order valence-corrected chi connectivity index (χ2v) is 10.5. The van der Waals surface area contributed by atoms with Gasteiger partial charge in [-0.3, -0.25) is 4.31 Å². The van der Waals surface area contributed by atoms with E-state index in [1.54, 1.807) is 20.4 Å². The highest BCUT2D eigenvalue weighted by Gasteiger charge is 2.31. The van der Waals surface area contributed by atoms with Crippen molar-refractivity contribution < 1.29 is 8.42 Å². The van der Waals surface area contributed by atoms with E-state index < -0.39 is 10.2 Å². The minimum Gasteiger partial charge on any atom is -0.340 e. The zero-order chi connectivity index (χ0) is 22.9. The smallest absolute Gasteiger partial charge is 0.303 e. The van der Waals surface area contributed by atoms with Gasteiger partial charge in [0.1, 0.15) is 0 Å². The third-order valence-electron chi connectivity index (χ3n) is 5.51. The van der Waals surface area contributed by atoms with Crippen molar-refractivity contribution >= 4 is 27.5 Å². The van der Waals surface area contributed by atoms with Crippen molar-refractivity contribution in [1.82, 2.24) is 18.2 Å². The first kappa shape index (κ1) is 22.4. The van der Waals surface area contributed by atoms with Crippen molar-refractivity contribution in [1.29, 1.82) is 0 Å². The van der Waals surface area contributed by atoms with Crippen molar-refractivity contribution in [2.24, 2.45) is 7.05 Å². The third kappa shape index (κ3) is 4.53. The number of anilines is 1. The Hall–Kier alpha value is -2.81. The molecule has 9 heteroatoms. The SMILES string of the molecule is CN(C)S(=O)(=O)N1Cc2cc(Cl)ccc2N(Cc2cncn2C)C=C1Cc1ccccc1. The van der Waals surface area contributed by atoms with Crippen molar-refractivity contribution in [2.45, 2.75) is 19.5 Å². The number of nitrogens with zero attached hydrogens (tertiary/aromatic N) is 5. The highest BCUT2D eigenvalue weighted by atomic mass is 35.5. The molecule has 0 amide bonds. The van der Waals surface area contributed by atoms with Gasteiger partial charge in [-0.15, -0.1) is 0 Å². The molecule has 1 aliphatic heterocycles. The number of hydrogen-bond acceptors (Lipinski definition) is 4. The van der Waals surface area contributed by atoms with Crippen LogP contribution in [0.2, 0.25) is 5.02 Å². The number of halogens is 1. The molecular formula is C23H26ClN5O2S. The van der Waals surface area contributed by atoms with Crippen molar-refractivity contribution in [3.05, 3.63) is 94.8 Å². The van der Waals surface area contributed by atoms with Crippen LogP contribution in [0.25, 0.3) is 0 Å². The molecule has 0 radical (unpaired) electrons. The second-order valence-electron chi connectivity index (χ2n) is 7.98. The largest absolute Gasteiger partial charge is 0.340 e. The highest BCUT2D eigenvalue weighted by Crippen LogP contribution is 2.34. The van der Waals surface area contributed by atoms with E-state index in [4.69, 9.17) is 11.6 Å². The zero-order valence-electron chi connectivity index (χ0n) is 18.3.